The average Bonchev–Trinajstić information content (AvgIpc) is 2.37. The second kappa shape index (κ2) is 5.85. The molecule has 0 aliphatic carbocycles. The Morgan fingerprint density at radius 2 is 2.22 bits per heavy atom. The largest absolute Gasteiger partial charge is 0.378 e. The van der Waals surface area contributed by atoms with Gasteiger partial charge >= 0.3 is 5.69 Å². The molecule has 1 aromatic heterocycles. The zero-order valence-corrected chi connectivity index (χ0v) is 10.7. The third-order valence-corrected chi connectivity index (χ3v) is 3.98. The number of hydrogen-bond donors (Lipinski definition) is 2. The summed E-state index contributed by atoms with van der Waals surface area (Å²) in [7, 11) is 0. The highest BCUT2D eigenvalue weighted by atomic mass is 32.2. The normalized spacial score (nSPS) is 16.4. The second-order valence-electron chi connectivity index (χ2n) is 4.15. The number of thioether (sulfide) groups is 1. The van der Waals surface area contributed by atoms with Gasteiger partial charge in [-0.25, -0.2) is 9.97 Å². The van der Waals surface area contributed by atoms with Gasteiger partial charge < -0.3 is 11.1 Å². The quantitative estimate of drug-likeness (QED) is 0.630. The van der Waals surface area contributed by atoms with Gasteiger partial charge in [-0.1, -0.05) is 0 Å². The van der Waals surface area contributed by atoms with Gasteiger partial charge in [0, 0.05) is 6.54 Å². The van der Waals surface area contributed by atoms with E-state index in [-0.39, 0.29) is 17.3 Å². The molecule has 0 amide bonds. The van der Waals surface area contributed by atoms with Crippen molar-refractivity contribution < 1.29 is 4.92 Å². The van der Waals surface area contributed by atoms with E-state index in [2.05, 4.69) is 15.3 Å². The summed E-state index contributed by atoms with van der Waals surface area (Å²) in [4.78, 5) is 17.9. The third kappa shape index (κ3) is 3.00. The number of nitro groups is 1. The maximum absolute atomic E-state index is 10.9. The summed E-state index contributed by atoms with van der Waals surface area (Å²) < 4.78 is 0. The average molecular weight is 269 g/mol. The summed E-state index contributed by atoms with van der Waals surface area (Å²) in [6, 6.07) is 0. The molecule has 0 spiro atoms. The fraction of sp³-hybridized carbons (Fsp3) is 0.600. The highest BCUT2D eigenvalue weighted by Crippen LogP contribution is 2.28. The van der Waals surface area contributed by atoms with Gasteiger partial charge in [-0.15, -0.1) is 0 Å². The minimum atomic E-state index is -0.547. The maximum atomic E-state index is 10.9. The van der Waals surface area contributed by atoms with Crippen LogP contribution in [0.4, 0.5) is 17.3 Å². The van der Waals surface area contributed by atoms with Crippen molar-refractivity contribution in [1.29, 1.82) is 0 Å². The highest BCUT2D eigenvalue weighted by Gasteiger charge is 2.22. The van der Waals surface area contributed by atoms with Crippen LogP contribution in [0.5, 0.6) is 0 Å². The fourth-order valence-corrected chi connectivity index (χ4v) is 3.10. The van der Waals surface area contributed by atoms with Crippen molar-refractivity contribution >= 4 is 29.1 Å². The molecule has 0 unspecified atom stereocenters. The maximum Gasteiger partial charge on any atom is 0.352 e. The third-order valence-electron chi connectivity index (χ3n) is 2.93. The molecular weight excluding hydrogens is 254 g/mol. The van der Waals surface area contributed by atoms with Crippen LogP contribution < -0.4 is 11.1 Å². The first-order valence-electron chi connectivity index (χ1n) is 5.75. The molecule has 0 bridgehead atoms. The lowest BCUT2D eigenvalue weighted by molar-refractivity contribution is -0.383. The molecule has 1 saturated heterocycles. The van der Waals surface area contributed by atoms with Crippen molar-refractivity contribution in [1.82, 2.24) is 9.97 Å². The molecule has 2 heterocycles. The van der Waals surface area contributed by atoms with E-state index in [0.717, 1.165) is 24.3 Å². The Balaban J connectivity index is 2.04. The SMILES string of the molecule is Nc1ncnc(NCC2CCSCC2)c1[N+](=O)[O-]. The van der Waals surface area contributed by atoms with Crippen LogP contribution in [0.3, 0.4) is 0 Å². The number of hydrogen-bond acceptors (Lipinski definition) is 7. The minimum absolute atomic E-state index is 0.100. The molecular formula is C10H15N5O2S. The number of nitrogens with two attached hydrogens (primary N) is 1. The van der Waals surface area contributed by atoms with Gasteiger partial charge in [0.15, 0.2) is 0 Å². The summed E-state index contributed by atoms with van der Waals surface area (Å²) in [6.45, 7) is 0.692. The number of nitrogen functional groups attached to an aromatic ring is 1. The van der Waals surface area contributed by atoms with E-state index in [1.165, 1.54) is 6.33 Å². The molecule has 1 aliphatic rings. The summed E-state index contributed by atoms with van der Waals surface area (Å²) in [5.74, 6) is 2.96. The van der Waals surface area contributed by atoms with Gasteiger partial charge in [0.1, 0.15) is 6.33 Å². The van der Waals surface area contributed by atoms with Crippen LogP contribution in [-0.2, 0) is 0 Å². The van der Waals surface area contributed by atoms with E-state index in [4.69, 9.17) is 5.73 Å². The van der Waals surface area contributed by atoms with E-state index in [0.29, 0.717) is 12.5 Å². The molecule has 0 saturated carbocycles. The summed E-state index contributed by atoms with van der Waals surface area (Å²) in [5.41, 5.74) is 5.26. The van der Waals surface area contributed by atoms with Gasteiger partial charge in [-0.05, 0) is 30.3 Å². The van der Waals surface area contributed by atoms with Crippen LogP contribution in [-0.4, -0.2) is 32.9 Å². The molecule has 2 rings (SSSR count). The Kier molecular flexibility index (Phi) is 4.19. The molecule has 7 nitrogen and oxygen atoms in total. The molecule has 1 fully saturated rings. The van der Waals surface area contributed by atoms with Crippen LogP contribution >= 0.6 is 11.8 Å². The summed E-state index contributed by atoms with van der Waals surface area (Å²) in [5, 5.41) is 13.9. The van der Waals surface area contributed by atoms with Crippen LogP contribution in [0.15, 0.2) is 6.33 Å². The topological polar surface area (TPSA) is 107 Å². The highest BCUT2D eigenvalue weighted by molar-refractivity contribution is 7.99. The van der Waals surface area contributed by atoms with Crippen LogP contribution in [0.1, 0.15) is 12.8 Å². The summed E-state index contributed by atoms with van der Waals surface area (Å²) in [6.07, 6.45) is 3.50. The molecule has 8 heteroatoms. The van der Waals surface area contributed by atoms with Crippen molar-refractivity contribution in [2.75, 3.05) is 29.1 Å². The lowest BCUT2D eigenvalue weighted by atomic mass is 10.0. The van der Waals surface area contributed by atoms with Gasteiger partial charge in [0.2, 0.25) is 11.6 Å². The molecule has 0 atom stereocenters. The number of aromatic nitrogens is 2. The molecule has 1 aromatic rings. The molecule has 0 radical (unpaired) electrons. The number of nitrogens with zero attached hydrogens (tertiary/aromatic N) is 3. The van der Waals surface area contributed by atoms with Crippen molar-refractivity contribution in [2.45, 2.75) is 12.8 Å². The van der Waals surface area contributed by atoms with E-state index in [1.54, 1.807) is 0 Å². The molecule has 0 aromatic carbocycles. The van der Waals surface area contributed by atoms with Gasteiger partial charge in [-0.2, -0.15) is 11.8 Å². The van der Waals surface area contributed by atoms with Crippen molar-refractivity contribution in [2.24, 2.45) is 5.92 Å². The van der Waals surface area contributed by atoms with Crippen molar-refractivity contribution in [3.05, 3.63) is 16.4 Å². The predicted octanol–water partition coefficient (Wildman–Crippen LogP) is 1.52. The standard InChI is InChI=1S/C10H15N5O2S/c11-9-8(15(16)17)10(14-6-13-9)12-5-7-1-3-18-4-2-7/h6-7H,1-5H2,(H3,11,12,13,14). The predicted molar refractivity (Wildman–Crippen MR) is 71.6 cm³/mol. The molecule has 98 valence electrons. The Bertz CT molecular complexity index is 436. The fourth-order valence-electron chi connectivity index (χ4n) is 1.89. The monoisotopic (exact) mass is 269 g/mol. The van der Waals surface area contributed by atoms with E-state index in [1.807, 2.05) is 11.8 Å². The second-order valence-corrected chi connectivity index (χ2v) is 5.37. The Hall–Kier alpha value is -1.57. The van der Waals surface area contributed by atoms with E-state index >= 15 is 0 Å². The Morgan fingerprint density at radius 1 is 1.50 bits per heavy atom. The lowest BCUT2D eigenvalue weighted by Gasteiger charge is -2.21. The van der Waals surface area contributed by atoms with Gasteiger partial charge in [-0.3, -0.25) is 10.1 Å². The first-order chi connectivity index (χ1) is 8.68. The molecule has 18 heavy (non-hydrogen) atoms. The Labute approximate surface area is 109 Å². The zero-order valence-electron chi connectivity index (χ0n) is 9.83. The first-order valence-corrected chi connectivity index (χ1v) is 6.90. The van der Waals surface area contributed by atoms with Crippen molar-refractivity contribution in [3.8, 4) is 0 Å². The minimum Gasteiger partial charge on any atom is -0.378 e. The van der Waals surface area contributed by atoms with E-state index in [9.17, 15) is 10.1 Å². The smallest absolute Gasteiger partial charge is 0.352 e. The summed E-state index contributed by atoms with van der Waals surface area (Å²) >= 11 is 1.95. The van der Waals surface area contributed by atoms with Crippen molar-refractivity contribution in [3.63, 3.8) is 0 Å². The van der Waals surface area contributed by atoms with Gasteiger partial charge in [0.25, 0.3) is 0 Å². The molecule has 3 N–H and O–H groups in total. The number of nitrogens with one attached hydrogen (secondary N) is 1. The molecule has 1 aliphatic heterocycles. The van der Waals surface area contributed by atoms with Crippen LogP contribution in [0.25, 0.3) is 0 Å². The first kappa shape index (κ1) is 12.9. The Morgan fingerprint density at radius 3 is 2.89 bits per heavy atom. The van der Waals surface area contributed by atoms with E-state index < -0.39 is 4.92 Å². The lowest BCUT2D eigenvalue weighted by Crippen LogP contribution is -2.20. The number of anilines is 2. The number of rotatable bonds is 4. The van der Waals surface area contributed by atoms with Gasteiger partial charge in [0.05, 0.1) is 4.92 Å². The van der Waals surface area contributed by atoms with Crippen LogP contribution in [0, 0.1) is 16.0 Å². The zero-order chi connectivity index (χ0) is 13.0. The van der Waals surface area contributed by atoms with Crippen LogP contribution in [0.2, 0.25) is 0 Å².